The van der Waals surface area contributed by atoms with Crippen molar-refractivity contribution in [2.45, 2.75) is 25.7 Å². The van der Waals surface area contributed by atoms with Crippen LogP contribution in [0.1, 0.15) is 25.8 Å². The number of nitrogens with zero attached hydrogens (tertiary/aromatic N) is 2. The summed E-state index contributed by atoms with van der Waals surface area (Å²) >= 11 is 5.97. The molecule has 1 aromatic carbocycles. The van der Waals surface area contributed by atoms with E-state index in [9.17, 15) is 8.42 Å². The minimum Gasteiger partial charge on any atom is -0.201 e. The highest BCUT2D eigenvalue weighted by Crippen LogP contribution is 2.25. The topological polar surface area (TPSA) is 73.2 Å². The fourth-order valence-corrected chi connectivity index (χ4v) is 3.01. The molecule has 1 rings (SSSR count). The number of benzene rings is 1. The number of hydrogen-bond donors (Lipinski definition) is 1. The molecule has 1 aromatic rings. The van der Waals surface area contributed by atoms with Gasteiger partial charge in [0.05, 0.1) is 6.07 Å². The van der Waals surface area contributed by atoms with Gasteiger partial charge in [-0.25, -0.2) is 4.72 Å². The number of halogens is 1. The van der Waals surface area contributed by atoms with Gasteiger partial charge in [0.1, 0.15) is 0 Å². The van der Waals surface area contributed by atoms with Crippen LogP contribution in [-0.4, -0.2) is 32.9 Å². The summed E-state index contributed by atoms with van der Waals surface area (Å²) in [5.41, 5.74) is 0.561. The maximum absolute atomic E-state index is 12.1. The van der Waals surface area contributed by atoms with Crippen LogP contribution in [-0.2, 0) is 15.6 Å². The minimum absolute atomic E-state index is 0.162. The molecule has 7 heteroatoms. The van der Waals surface area contributed by atoms with Crippen molar-refractivity contribution in [2.75, 3.05) is 20.1 Å². The summed E-state index contributed by atoms with van der Waals surface area (Å²) in [6.45, 7) is 4.29. The van der Waals surface area contributed by atoms with Crippen LogP contribution in [0.25, 0.3) is 0 Å². The van der Waals surface area contributed by atoms with Crippen LogP contribution < -0.4 is 4.72 Å². The zero-order valence-electron chi connectivity index (χ0n) is 12.4. The van der Waals surface area contributed by atoms with Gasteiger partial charge in [-0.3, -0.25) is 0 Å². The zero-order chi connectivity index (χ0) is 16.1. The molecule has 0 aliphatic heterocycles. The van der Waals surface area contributed by atoms with Gasteiger partial charge >= 0.3 is 0 Å². The second-order valence-corrected chi connectivity index (χ2v) is 7.75. The van der Waals surface area contributed by atoms with Crippen molar-refractivity contribution < 1.29 is 8.42 Å². The number of rotatable bonds is 7. The summed E-state index contributed by atoms with van der Waals surface area (Å²) in [5.74, 6) is 0. The van der Waals surface area contributed by atoms with Gasteiger partial charge in [0, 0.05) is 37.0 Å². The Morgan fingerprint density at radius 3 is 2.67 bits per heavy atom. The maximum atomic E-state index is 12.1. The Morgan fingerprint density at radius 2 is 2.10 bits per heavy atom. The first-order valence-corrected chi connectivity index (χ1v) is 8.35. The molecule has 21 heavy (non-hydrogen) atoms. The predicted molar refractivity (Wildman–Crippen MR) is 84.3 cm³/mol. The molecule has 0 aromatic heterocycles. The molecule has 0 radical (unpaired) electrons. The Bertz CT molecular complexity index is 623. The van der Waals surface area contributed by atoms with Gasteiger partial charge in [-0.1, -0.05) is 37.6 Å². The van der Waals surface area contributed by atoms with E-state index in [1.54, 1.807) is 6.07 Å². The van der Waals surface area contributed by atoms with E-state index in [-0.39, 0.29) is 19.5 Å². The quantitative estimate of drug-likeness (QED) is 0.834. The van der Waals surface area contributed by atoms with Gasteiger partial charge in [-0.15, -0.1) is 0 Å². The lowest BCUT2D eigenvalue weighted by Gasteiger charge is -2.27. The summed E-state index contributed by atoms with van der Waals surface area (Å²) in [7, 11) is -2.13. The highest BCUT2D eigenvalue weighted by Gasteiger charge is 2.25. The van der Waals surface area contributed by atoms with E-state index in [1.807, 2.05) is 38.1 Å². The molecule has 5 nitrogen and oxygen atoms in total. The maximum Gasteiger partial charge on any atom is 0.279 e. The molecule has 0 bridgehead atoms. The third-order valence-electron chi connectivity index (χ3n) is 3.25. The Kier molecular flexibility index (Phi) is 6.17. The van der Waals surface area contributed by atoms with Crippen LogP contribution in [0.4, 0.5) is 0 Å². The van der Waals surface area contributed by atoms with E-state index < -0.39 is 15.6 Å². The van der Waals surface area contributed by atoms with E-state index in [2.05, 4.69) is 4.72 Å². The minimum atomic E-state index is -3.58. The fourth-order valence-electron chi connectivity index (χ4n) is 1.72. The van der Waals surface area contributed by atoms with Gasteiger partial charge in [-0.2, -0.15) is 18.0 Å². The first-order valence-electron chi connectivity index (χ1n) is 6.53. The average molecular weight is 330 g/mol. The number of nitriles is 1. The van der Waals surface area contributed by atoms with Crippen LogP contribution in [0.5, 0.6) is 0 Å². The van der Waals surface area contributed by atoms with E-state index >= 15 is 0 Å². The van der Waals surface area contributed by atoms with Crippen molar-refractivity contribution in [1.82, 2.24) is 9.03 Å². The van der Waals surface area contributed by atoms with Crippen LogP contribution >= 0.6 is 11.6 Å². The molecule has 0 spiro atoms. The highest BCUT2D eigenvalue weighted by molar-refractivity contribution is 7.87. The monoisotopic (exact) mass is 329 g/mol. The molecule has 1 N–H and O–H groups in total. The molecular formula is C14H20ClN3O2S. The molecule has 0 fully saturated rings. The first kappa shape index (κ1) is 17.9. The normalized spacial score (nSPS) is 12.4. The van der Waals surface area contributed by atoms with E-state index in [4.69, 9.17) is 16.9 Å². The molecule has 0 aliphatic rings. The second-order valence-electron chi connectivity index (χ2n) is 5.45. The molecule has 0 aliphatic carbocycles. The Hall–Kier alpha value is -1.13. The van der Waals surface area contributed by atoms with Crippen LogP contribution in [0, 0.1) is 11.3 Å². The third-order valence-corrected chi connectivity index (χ3v) is 5.00. The molecule has 0 saturated carbocycles. The molecule has 0 unspecified atom stereocenters. The lowest BCUT2D eigenvalue weighted by atomic mass is 9.85. The van der Waals surface area contributed by atoms with Crippen molar-refractivity contribution in [2.24, 2.45) is 0 Å². The van der Waals surface area contributed by atoms with Crippen LogP contribution in [0.2, 0.25) is 5.02 Å². The highest BCUT2D eigenvalue weighted by atomic mass is 35.5. The largest absolute Gasteiger partial charge is 0.279 e. The van der Waals surface area contributed by atoms with Crippen molar-refractivity contribution in [3.05, 3.63) is 34.9 Å². The van der Waals surface area contributed by atoms with Gasteiger partial charge in [0.15, 0.2) is 0 Å². The Balaban J connectivity index is 2.75. The summed E-state index contributed by atoms with van der Waals surface area (Å²) < 4.78 is 27.8. The summed E-state index contributed by atoms with van der Waals surface area (Å²) in [4.78, 5) is 0. The first-order chi connectivity index (χ1) is 9.69. The molecule has 0 saturated heterocycles. The average Bonchev–Trinajstić information content (AvgIpc) is 2.43. The Morgan fingerprint density at radius 1 is 1.43 bits per heavy atom. The van der Waals surface area contributed by atoms with E-state index in [0.717, 1.165) is 9.87 Å². The van der Waals surface area contributed by atoms with Crippen LogP contribution in [0.15, 0.2) is 24.3 Å². The molecular weight excluding hydrogens is 310 g/mol. The van der Waals surface area contributed by atoms with Crippen molar-refractivity contribution in [1.29, 1.82) is 5.26 Å². The predicted octanol–water partition coefficient (Wildman–Crippen LogP) is 2.30. The molecule has 0 heterocycles. The zero-order valence-corrected chi connectivity index (χ0v) is 14.0. The number of nitrogens with one attached hydrogen (secondary N) is 1. The standard InChI is InChI=1S/C14H20ClN3O2S/c1-14(2,12-6-4-7-13(15)10-12)11-17-21(19,20)18(3)9-5-8-16/h4,6-7,10,17H,5,9,11H2,1-3H3. The second kappa shape index (κ2) is 7.23. The van der Waals surface area contributed by atoms with Crippen molar-refractivity contribution in [3.8, 4) is 6.07 Å². The number of hydrogen-bond acceptors (Lipinski definition) is 3. The summed E-state index contributed by atoms with van der Waals surface area (Å²) in [6, 6.07) is 9.29. The summed E-state index contributed by atoms with van der Waals surface area (Å²) in [6.07, 6.45) is 0.162. The van der Waals surface area contributed by atoms with Gasteiger partial charge in [0.25, 0.3) is 10.2 Å². The lowest BCUT2D eigenvalue weighted by molar-refractivity contribution is 0.444. The van der Waals surface area contributed by atoms with Gasteiger partial charge < -0.3 is 0 Å². The smallest absolute Gasteiger partial charge is 0.201 e. The van der Waals surface area contributed by atoms with Crippen molar-refractivity contribution >= 4 is 21.8 Å². The molecule has 116 valence electrons. The van der Waals surface area contributed by atoms with E-state index in [0.29, 0.717) is 5.02 Å². The van der Waals surface area contributed by atoms with Gasteiger partial charge in [-0.05, 0) is 17.7 Å². The van der Waals surface area contributed by atoms with Gasteiger partial charge in [0.2, 0.25) is 0 Å². The van der Waals surface area contributed by atoms with Crippen LogP contribution in [0.3, 0.4) is 0 Å². The molecule has 0 atom stereocenters. The Labute approximate surface area is 131 Å². The fraction of sp³-hybridized carbons (Fsp3) is 0.500. The van der Waals surface area contributed by atoms with E-state index in [1.165, 1.54) is 7.05 Å². The lowest BCUT2D eigenvalue weighted by Crippen LogP contribution is -2.43. The third kappa shape index (κ3) is 5.29. The summed E-state index contributed by atoms with van der Waals surface area (Å²) in [5, 5.41) is 9.13. The molecule has 0 amide bonds. The SMILES string of the molecule is CN(CCC#N)S(=O)(=O)NCC(C)(C)c1cccc(Cl)c1. The van der Waals surface area contributed by atoms with Crippen molar-refractivity contribution in [3.63, 3.8) is 0 Å².